The SMILES string of the molecule is C=CC(=O)OCCCCCCOc1ccc(-c2ccc(-c3ccc(C4CCC(CCC)CC4)cc3)c(N=Nc3cnc(/C=C4\Sc5cc(SCC)cc(C)c5S4)s3)c2)cc1.C=CC(=O)Oc1c(C)cc(OC(=O)c2ccc3cc(OCCCOCC4CCC5OC5C4)ccc3c2)cc1C#Cc1ccc(C=N)cc1F.Nc1nc2c(F)c(F)ccc2s1. The number of carbonyl (C=O) groups is 3. The third-order valence-corrected chi connectivity index (χ3v) is 26.2. The van der Waals surface area contributed by atoms with E-state index >= 15 is 0 Å². The molecule has 3 atom stereocenters. The second-order valence-corrected chi connectivity index (χ2v) is 35.7. The van der Waals surface area contributed by atoms with Gasteiger partial charge in [0.25, 0.3) is 0 Å². The Morgan fingerprint density at radius 2 is 1.40 bits per heavy atom. The van der Waals surface area contributed by atoms with Crippen LogP contribution in [0.15, 0.2) is 218 Å². The average Bonchev–Trinajstić information content (AvgIpc) is 1.76. The summed E-state index contributed by atoms with van der Waals surface area (Å²) in [6.45, 7) is 18.3. The van der Waals surface area contributed by atoms with Crippen molar-refractivity contribution in [2.45, 2.75) is 150 Å². The Morgan fingerprint density at radius 1 is 0.661 bits per heavy atom. The molecule has 4 heterocycles. The lowest BCUT2D eigenvalue weighted by Crippen LogP contribution is -2.19. The van der Waals surface area contributed by atoms with Gasteiger partial charge in [0.05, 0.1) is 69.5 Å². The number of thiazole rings is 2. The molecule has 24 heteroatoms. The maximum absolute atomic E-state index is 14.5. The fourth-order valence-electron chi connectivity index (χ4n) is 14.8. The Morgan fingerprint density at radius 3 is 2.17 bits per heavy atom. The third kappa shape index (κ3) is 24.6. The van der Waals surface area contributed by atoms with E-state index in [1.54, 1.807) is 42.5 Å². The summed E-state index contributed by atoms with van der Waals surface area (Å²) in [7, 11) is 0. The zero-order valence-corrected chi connectivity index (χ0v) is 72.0. The molecule has 0 spiro atoms. The number of hydrogen-bond donors (Lipinski definition) is 2. The highest BCUT2D eigenvalue weighted by atomic mass is 32.2. The quantitative estimate of drug-likeness (QED) is 0.00475. The van der Waals surface area contributed by atoms with Gasteiger partial charge in [0.1, 0.15) is 39.3 Å². The molecule has 3 N–H and O–H groups in total. The number of nitrogens with one attached hydrogen (secondary N) is 1. The van der Waals surface area contributed by atoms with Crippen molar-refractivity contribution in [3.63, 3.8) is 0 Å². The maximum atomic E-state index is 14.5. The van der Waals surface area contributed by atoms with Crippen molar-refractivity contribution in [1.29, 1.82) is 5.41 Å². The second-order valence-electron chi connectivity index (χ2n) is 29.8. The molecular formula is C97H95F3N6O10S5. The number of benzene rings is 9. The number of nitrogens with zero attached hydrogens (tertiary/aromatic N) is 4. The van der Waals surface area contributed by atoms with Gasteiger partial charge in [-0.3, -0.25) is 0 Å². The van der Waals surface area contributed by atoms with E-state index in [9.17, 15) is 27.6 Å². The summed E-state index contributed by atoms with van der Waals surface area (Å²) < 4.78 is 81.5. The monoisotopic (exact) mass is 1720 g/mol. The molecule has 9 aromatic carbocycles. The van der Waals surface area contributed by atoms with E-state index in [2.05, 4.69) is 124 Å². The van der Waals surface area contributed by atoms with Crippen LogP contribution >= 0.6 is 58.0 Å². The van der Waals surface area contributed by atoms with Crippen LogP contribution < -0.4 is 24.7 Å². The molecule has 1 saturated heterocycles. The zero-order chi connectivity index (χ0) is 84.7. The van der Waals surface area contributed by atoms with E-state index in [1.807, 2.05) is 77.9 Å². The molecule has 2 aromatic heterocycles. The number of aromatic nitrogens is 2. The molecule has 2 aliphatic heterocycles. The molecular weight excluding hydrogens is 1630 g/mol. The summed E-state index contributed by atoms with van der Waals surface area (Å²) in [5, 5.41) is 20.7. The normalized spacial score (nSPS) is 16.6. The summed E-state index contributed by atoms with van der Waals surface area (Å²) in [4.78, 5) is 48.8. The van der Waals surface area contributed by atoms with Crippen molar-refractivity contribution in [2.24, 2.45) is 22.1 Å². The average molecular weight is 1720 g/mol. The Hall–Kier alpha value is -10.6. The Kier molecular flexibility index (Phi) is 31.5. The number of ether oxygens (including phenoxy) is 7. The van der Waals surface area contributed by atoms with Crippen molar-refractivity contribution in [1.82, 2.24) is 9.97 Å². The summed E-state index contributed by atoms with van der Waals surface area (Å²) in [5.74, 6) is 6.57. The van der Waals surface area contributed by atoms with E-state index in [-0.39, 0.29) is 39.2 Å². The van der Waals surface area contributed by atoms with Gasteiger partial charge in [0, 0.05) is 64.3 Å². The Bertz CT molecular complexity index is 5680. The molecule has 15 rings (SSSR count). The molecule has 11 aromatic rings. The third-order valence-electron chi connectivity index (χ3n) is 21.1. The van der Waals surface area contributed by atoms with Crippen LogP contribution in [-0.4, -0.2) is 85.1 Å². The first-order chi connectivity index (χ1) is 58.9. The first-order valence-corrected chi connectivity index (χ1v) is 45.0. The highest BCUT2D eigenvalue weighted by molar-refractivity contribution is 8.25. The summed E-state index contributed by atoms with van der Waals surface area (Å²) in [6.07, 6.45) is 24.2. The van der Waals surface area contributed by atoms with E-state index in [4.69, 9.17) is 59.5 Å². The number of carbonyl (C=O) groups excluding carboxylic acids is 3. The van der Waals surface area contributed by atoms with Gasteiger partial charge in [-0.15, -0.1) is 22.0 Å². The molecule has 121 heavy (non-hydrogen) atoms. The number of aryl methyl sites for hydroxylation is 2. The van der Waals surface area contributed by atoms with Gasteiger partial charge in [-0.2, -0.15) is 0 Å². The van der Waals surface area contributed by atoms with Gasteiger partial charge in [0.2, 0.25) is 0 Å². The van der Waals surface area contributed by atoms with E-state index in [1.165, 1.54) is 105 Å². The topological polar surface area (TPSA) is 219 Å². The van der Waals surface area contributed by atoms with Crippen LogP contribution in [0.25, 0.3) is 49.3 Å². The molecule has 3 fully saturated rings. The number of nitrogens with two attached hydrogens (primary N) is 1. The predicted molar refractivity (Wildman–Crippen MR) is 483 cm³/mol. The van der Waals surface area contributed by atoms with Crippen molar-refractivity contribution in [3.05, 3.63) is 255 Å². The highest BCUT2D eigenvalue weighted by Gasteiger charge is 2.43. The van der Waals surface area contributed by atoms with Gasteiger partial charge in [-0.25, -0.2) is 37.5 Å². The highest BCUT2D eigenvalue weighted by Crippen LogP contribution is 2.54. The minimum atomic E-state index is -0.930. The van der Waals surface area contributed by atoms with Crippen LogP contribution in [0.3, 0.4) is 0 Å². The molecule has 0 radical (unpaired) electrons. The van der Waals surface area contributed by atoms with Crippen LogP contribution in [-0.2, 0) is 23.8 Å². The van der Waals surface area contributed by atoms with Crippen LogP contribution in [0.1, 0.15) is 158 Å². The minimum Gasteiger partial charge on any atom is -0.494 e. The lowest BCUT2D eigenvalue weighted by molar-refractivity contribution is -0.137. The van der Waals surface area contributed by atoms with E-state index in [0.717, 1.165) is 153 Å². The number of esters is 3. The molecule has 3 unspecified atom stereocenters. The molecule has 4 aliphatic rings. The van der Waals surface area contributed by atoms with Gasteiger partial charge >= 0.3 is 17.9 Å². The Labute approximate surface area is 724 Å². The molecule has 0 bridgehead atoms. The number of hydrogen-bond acceptors (Lipinski definition) is 21. The molecule has 16 nitrogen and oxygen atoms in total. The summed E-state index contributed by atoms with van der Waals surface area (Å²) >= 11 is 8.24. The maximum Gasteiger partial charge on any atom is 0.343 e. The first-order valence-electron chi connectivity index (χ1n) is 40.8. The molecule has 624 valence electrons. The van der Waals surface area contributed by atoms with Crippen LogP contribution in [0.5, 0.6) is 23.0 Å². The number of epoxide rings is 1. The van der Waals surface area contributed by atoms with E-state index in [0.29, 0.717) is 71.9 Å². The van der Waals surface area contributed by atoms with Crippen molar-refractivity contribution < 1.29 is 60.7 Å². The zero-order valence-electron chi connectivity index (χ0n) is 68.0. The van der Waals surface area contributed by atoms with Crippen molar-refractivity contribution in [2.75, 3.05) is 44.5 Å². The number of nitrogen functional groups attached to an aromatic ring is 1. The lowest BCUT2D eigenvalue weighted by Gasteiger charge is -2.28. The molecule has 2 saturated carbocycles. The number of unbranched alkanes of at least 4 members (excludes halogenated alkanes) is 3. The van der Waals surface area contributed by atoms with Crippen molar-refractivity contribution in [3.8, 4) is 57.1 Å². The number of anilines is 1. The standard InChI is InChI=1S/C50H55N3O3S4.C40H36FNO7.C7H4F2N2S/c1-5-12-35-13-15-36(16-14-35)37-17-19-39(20-18-37)43-26-23-40(38-21-24-41(25-22-38)55-27-10-8-9-11-28-56-48(54)6-2)30-44(43)52-53-47-33-51-46(59-47)32-49-58-45-31-42(57-7-3)29-34(4)50(45)60-49;1-3-38(43)49-39-25(2)17-34(22-31(39)10-8-28-7-5-26(23-42)18-35(28)41)47-40(44)32-11-9-30-21-33(13-12-29(30)20-32)46-16-4-15-45-24-27-6-14-36-37(19-27)48-36;8-3-1-2-4-6(5(3)9)11-7(10)12-4/h6,17-26,29-33,35-36H,2,5,7-16,27-28H2,1,3-4H3;3,5,7,9,11-13,17-18,20-23,27,36-37,42H,1,4,6,14-16,19,24H2,2H3;1-2H,(H2,10,11)/b49-32+,53-52?;;. The molecule has 0 amide bonds. The van der Waals surface area contributed by atoms with Gasteiger partial charge in [0.15, 0.2) is 21.8 Å². The number of rotatable bonds is 31. The van der Waals surface area contributed by atoms with E-state index < -0.39 is 29.4 Å². The summed E-state index contributed by atoms with van der Waals surface area (Å²) in [5.41, 5.74) is 14.8. The number of thioether (sulfide) groups is 3. The summed E-state index contributed by atoms with van der Waals surface area (Å²) in [6, 6.07) is 49.3. The van der Waals surface area contributed by atoms with Crippen LogP contribution in [0.4, 0.5) is 29.0 Å². The molecule has 2 aliphatic carbocycles. The number of azo groups is 1. The Balaban J connectivity index is 0.000000185. The van der Waals surface area contributed by atoms with Crippen LogP contribution in [0.2, 0.25) is 0 Å². The second kappa shape index (κ2) is 43.2. The van der Waals surface area contributed by atoms with Gasteiger partial charge < -0.3 is 44.3 Å². The smallest absolute Gasteiger partial charge is 0.343 e. The largest absolute Gasteiger partial charge is 0.494 e. The minimum absolute atomic E-state index is 0.0116. The number of fused-ring (bicyclic) bond motifs is 4. The first kappa shape index (κ1) is 88.2. The van der Waals surface area contributed by atoms with Crippen LogP contribution in [0, 0.1) is 60.4 Å². The predicted octanol–water partition coefficient (Wildman–Crippen LogP) is 25.8. The lowest BCUT2D eigenvalue weighted by atomic mass is 9.77. The van der Waals surface area contributed by atoms with Gasteiger partial charge in [-0.05, 0) is 249 Å². The van der Waals surface area contributed by atoms with Crippen molar-refractivity contribution >= 4 is 125 Å². The van der Waals surface area contributed by atoms with Gasteiger partial charge in [-0.1, -0.05) is 165 Å². The fourth-order valence-corrected chi connectivity index (χ4v) is 19.7. The number of halogens is 3. The fraction of sp³-hybridized carbons (Fsp3) is 0.299.